The summed E-state index contributed by atoms with van der Waals surface area (Å²) in [5.41, 5.74) is 1.76. The van der Waals surface area contributed by atoms with Crippen molar-refractivity contribution in [2.24, 2.45) is 0 Å². The molecule has 2 aromatic heterocycles. The van der Waals surface area contributed by atoms with Crippen LogP contribution in [-0.4, -0.2) is 37.4 Å². The minimum absolute atomic E-state index is 0.181. The molecule has 0 aliphatic rings. The average Bonchev–Trinajstić information content (AvgIpc) is 2.99. The lowest BCUT2D eigenvalue weighted by molar-refractivity contribution is 0.0307. The monoisotopic (exact) mass is 342 g/mol. The van der Waals surface area contributed by atoms with E-state index in [1.165, 1.54) is 35.7 Å². The number of hydrogen-bond acceptors (Lipinski definition) is 6. The number of aromatic nitrogens is 4. The maximum Gasteiger partial charge on any atom is 0.379 e. The van der Waals surface area contributed by atoms with Crippen molar-refractivity contribution in [2.45, 2.75) is 26.9 Å². The summed E-state index contributed by atoms with van der Waals surface area (Å²) in [5, 5.41) is 4.06. The molecule has 0 bridgehead atoms. The summed E-state index contributed by atoms with van der Waals surface area (Å²) < 4.78 is 19.5. The Hall–Kier alpha value is -3.16. The van der Waals surface area contributed by atoms with Gasteiger partial charge in [-0.3, -0.25) is 4.79 Å². The molecule has 7 nitrogen and oxygen atoms in total. The minimum atomic E-state index is -1.06. The molecule has 3 rings (SSSR count). The first kappa shape index (κ1) is 16.7. The van der Waals surface area contributed by atoms with Gasteiger partial charge < -0.3 is 4.74 Å². The van der Waals surface area contributed by atoms with Gasteiger partial charge in [-0.25, -0.2) is 18.7 Å². The summed E-state index contributed by atoms with van der Waals surface area (Å²) in [5.74, 6) is -1.62. The number of esters is 1. The van der Waals surface area contributed by atoms with Crippen LogP contribution in [0.4, 0.5) is 4.39 Å². The molecule has 3 aromatic rings. The molecule has 0 saturated carbocycles. The number of benzene rings is 1. The van der Waals surface area contributed by atoms with Crippen LogP contribution in [0, 0.1) is 19.7 Å². The molecule has 1 aromatic carbocycles. The number of ether oxygens (including phenoxy) is 1. The van der Waals surface area contributed by atoms with E-state index in [1.54, 1.807) is 6.07 Å². The second kappa shape index (κ2) is 6.39. The zero-order valence-electron chi connectivity index (χ0n) is 13.9. The van der Waals surface area contributed by atoms with Crippen molar-refractivity contribution < 1.29 is 18.7 Å². The summed E-state index contributed by atoms with van der Waals surface area (Å²) in [6, 6.07) is 6.81. The first-order valence-electron chi connectivity index (χ1n) is 7.57. The largest absolute Gasteiger partial charge is 0.448 e. The van der Waals surface area contributed by atoms with E-state index in [9.17, 15) is 14.0 Å². The molecule has 8 heteroatoms. The molecule has 0 aliphatic heterocycles. The third-order valence-electron chi connectivity index (χ3n) is 3.58. The van der Waals surface area contributed by atoms with E-state index in [2.05, 4.69) is 15.1 Å². The molecule has 25 heavy (non-hydrogen) atoms. The number of carbonyl (C=O) groups is 2. The number of carbonyl (C=O) groups excluding carboxylic acids is 2. The van der Waals surface area contributed by atoms with Crippen LogP contribution in [0.2, 0.25) is 0 Å². The van der Waals surface area contributed by atoms with Gasteiger partial charge in [0.2, 0.25) is 5.78 Å². The molecule has 0 saturated heterocycles. The summed E-state index contributed by atoms with van der Waals surface area (Å²) in [7, 11) is 0. The van der Waals surface area contributed by atoms with Crippen LogP contribution in [0.15, 0.2) is 30.3 Å². The molecular formula is C17H15FN4O3. The fourth-order valence-corrected chi connectivity index (χ4v) is 2.37. The van der Waals surface area contributed by atoms with E-state index in [1.807, 2.05) is 13.8 Å². The maximum absolute atomic E-state index is 12.9. The molecule has 0 radical (unpaired) electrons. The lowest BCUT2D eigenvalue weighted by atomic mass is 10.1. The van der Waals surface area contributed by atoms with E-state index < -0.39 is 23.7 Å². The first-order chi connectivity index (χ1) is 11.8. The predicted octanol–water partition coefficient (Wildman–Crippen LogP) is 2.31. The van der Waals surface area contributed by atoms with Crippen molar-refractivity contribution in [3.63, 3.8) is 0 Å². The van der Waals surface area contributed by atoms with Crippen molar-refractivity contribution >= 4 is 17.5 Å². The summed E-state index contributed by atoms with van der Waals surface area (Å²) in [4.78, 5) is 32.7. The van der Waals surface area contributed by atoms with E-state index in [4.69, 9.17) is 4.74 Å². The molecule has 2 heterocycles. The quantitative estimate of drug-likeness (QED) is 0.534. The van der Waals surface area contributed by atoms with Crippen molar-refractivity contribution in [3.05, 3.63) is 58.9 Å². The van der Waals surface area contributed by atoms with Crippen LogP contribution < -0.4 is 0 Å². The first-order valence-corrected chi connectivity index (χ1v) is 7.57. The highest BCUT2D eigenvalue weighted by Gasteiger charge is 2.23. The van der Waals surface area contributed by atoms with Gasteiger partial charge in [0.1, 0.15) is 5.82 Å². The molecule has 128 valence electrons. The Labute approximate surface area is 142 Å². The van der Waals surface area contributed by atoms with Gasteiger partial charge in [-0.05, 0) is 51.1 Å². The van der Waals surface area contributed by atoms with Gasteiger partial charge >= 0.3 is 5.97 Å². The maximum atomic E-state index is 12.9. The standard InChI is InChI=1S/C17H15FN4O3/c1-9-8-10(2)22-17(19-9)20-15(21-22)16(24)25-11(3)14(23)12-4-6-13(18)7-5-12/h4-8,11H,1-3H3/t11-/m1/s1. The number of Topliss-reactive ketones (excluding diaryl/α,β-unsaturated/α-hetero) is 1. The number of fused-ring (bicyclic) bond motifs is 1. The van der Waals surface area contributed by atoms with Gasteiger partial charge in [0.15, 0.2) is 6.10 Å². The zero-order valence-corrected chi connectivity index (χ0v) is 13.9. The van der Waals surface area contributed by atoms with Gasteiger partial charge in [0, 0.05) is 17.0 Å². The molecule has 0 amide bonds. The predicted molar refractivity (Wildman–Crippen MR) is 85.9 cm³/mol. The summed E-state index contributed by atoms with van der Waals surface area (Å²) in [6.07, 6.45) is -1.06. The fourth-order valence-electron chi connectivity index (χ4n) is 2.37. The Bertz CT molecular complexity index is 966. The second-order valence-electron chi connectivity index (χ2n) is 5.60. The van der Waals surface area contributed by atoms with Crippen LogP contribution in [0.3, 0.4) is 0 Å². The third kappa shape index (κ3) is 3.37. The Morgan fingerprint density at radius 1 is 1.16 bits per heavy atom. The van der Waals surface area contributed by atoms with Gasteiger partial charge in [-0.2, -0.15) is 4.98 Å². The molecule has 0 unspecified atom stereocenters. The number of ketones is 1. The van der Waals surface area contributed by atoms with E-state index in [0.717, 1.165) is 11.4 Å². The normalized spacial score (nSPS) is 12.2. The number of rotatable bonds is 4. The highest BCUT2D eigenvalue weighted by molar-refractivity contribution is 6.00. The van der Waals surface area contributed by atoms with E-state index in [-0.39, 0.29) is 17.2 Å². The SMILES string of the molecule is Cc1cc(C)n2nc(C(=O)O[C@H](C)C(=O)c3ccc(F)cc3)nc2n1. The molecular weight excluding hydrogens is 327 g/mol. The lowest BCUT2D eigenvalue weighted by Crippen LogP contribution is -2.25. The Morgan fingerprint density at radius 2 is 1.84 bits per heavy atom. The molecule has 0 N–H and O–H groups in total. The highest BCUT2D eigenvalue weighted by atomic mass is 19.1. The number of aryl methyl sites for hydroxylation is 2. The summed E-state index contributed by atoms with van der Waals surface area (Å²) in [6.45, 7) is 5.06. The number of nitrogens with zero attached hydrogens (tertiary/aromatic N) is 4. The fraction of sp³-hybridized carbons (Fsp3) is 0.235. The summed E-state index contributed by atoms with van der Waals surface area (Å²) >= 11 is 0. The number of halogens is 1. The van der Waals surface area contributed by atoms with Gasteiger partial charge in [-0.1, -0.05) is 0 Å². The van der Waals surface area contributed by atoms with Crippen molar-refractivity contribution in [3.8, 4) is 0 Å². The average molecular weight is 342 g/mol. The molecule has 0 fully saturated rings. The van der Waals surface area contributed by atoms with Crippen LogP contribution in [0.5, 0.6) is 0 Å². The third-order valence-corrected chi connectivity index (χ3v) is 3.58. The van der Waals surface area contributed by atoms with Gasteiger partial charge in [0.05, 0.1) is 0 Å². The smallest absolute Gasteiger partial charge is 0.379 e. The van der Waals surface area contributed by atoms with Crippen molar-refractivity contribution in [1.29, 1.82) is 0 Å². The van der Waals surface area contributed by atoms with Crippen molar-refractivity contribution in [2.75, 3.05) is 0 Å². The van der Waals surface area contributed by atoms with Crippen LogP contribution in [0.1, 0.15) is 39.3 Å². The zero-order chi connectivity index (χ0) is 18.1. The van der Waals surface area contributed by atoms with Crippen LogP contribution in [-0.2, 0) is 4.74 Å². The molecule has 1 atom stereocenters. The van der Waals surface area contributed by atoms with E-state index >= 15 is 0 Å². The van der Waals surface area contributed by atoms with Gasteiger partial charge in [-0.15, -0.1) is 5.10 Å². The second-order valence-corrected chi connectivity index (χ2v) is 5.60. The van der Waals surface area contributed by atoms with Gasteiger partial charge in [0.25, 0.3) is 11.6 Å². The lowest BCUT2D eigenvalue weighted by Gasteiger charge is -2.10. The number of hydrogen-bond donors (Lipinski definition) is 0. The Balaban J connectivity index is 1.78. The molecule has 0 aliphatic carbocycles. The van der Waals surface area contributed by atoms with Crippen LogP contribution in [0.25, 0.3) is 5.78 Å². The van der Waals surface area contributed by atoms with Crippen LogP contribution >= 0.6 is 0 Å². The van der Waals surface area contributed by atoms with E-state index in [0.29, 0.717) is 0 Å². The topological polar surface area (TPSA) is 86.5 Å². The van der Waals surface area contributed by atoms with Crippen molar-refractivity contribution in [1.82, 2.24) is 19.6 Å². The Kier molecular flexibility index (Phi) is 4.26. The minimum Gasteiger partial charge on any atom is -0.448 e. The highest BCUT2D eigenvalue weighted by Crippen LogP contribution is 2.11. The Morgan fingerprint density at radius 3 is 2.52 bits per heavy atom. The molecule has 0 spiro atoms.